The minimum absolute atomic E-state index is 0.0711. The molecular weight excluding hydrogens is 496 g/mol. The Balaban J connectivity index is 2.74. The number of nitrogens with zero attached hydrogens (tertiary/aromatic N) is 2. The predicted octanol–water partition coefficient (Wildman–Crippen LogP) is 6.24. The second-order valence-corrected chi connectivity index (χ2v) is 9.27. The zero-order valence-corrected chi connectivity index (χ0v) is 16.8. The first-order valence-electron chi connectivity index (χ1n) is 5.52. The highest BCUT2D eigenvalue weighted by atomic mass is 79.9. The second kappa shape index (κ2) is 7.19. The van der Waals surface area contributed by atoms with Crippen LogP contribution >= 0.6 is 73.9 Å². The molecule has 0 aliphatic carbocycles. The van der Waals surface area contributed by atoms with Gasteiger partial charge in [-0.05, 0) is 51.3 Å². The Kier molecular flexibility index (Phi) is 6.09. The first kappa shape index (κ1) is 19.5. The molecule has 0 saturated heterocycles. The van der Waals surface area contributed by atoms with Crippen molar-refractivity contribution in [1.29, 1.82) is 5.26 Å². The summed E-state index contributed by atoms with van der Waals surface area (Å²) in [7, 11) is 0. The van der Waals surface area contributed by atoms with Crippen LogP contribution in [0.15, 0.2) is 27.8 Å². The van der Waals surface area contributed by atoms with Gasteiger partial charge in [0.25, 0.3) is 0 Å². The second-order valence-electron chi connectivity index (χ2n) is 4.08. The fourth-order valence-corrected chi connectivity index (χ4v) is 4.94. The molecular formula is C12H3BrCl5FN2OS. The van der Waals surface area contributed by atoms with Crippen LogP contribution in [-0.4, -0.2) is 13.0 Å². The Bertz CT molecular complexity index is 794. The van der Waals surface area contributed by atoms with Crippen molar-refractivity contribution in [3.05, 3.63) is 43.6 Å². The van der Waals surface area contributed by atoms with E-state index in [0.29, 0.717) is 5.02 Å². The molecule has 0 fully saturated rings. The van der Waals surface area contributed by atoms with Crippen LogP contribution in [0.5, 0.6) is 0 Å². The molecule has 11 heteroatoms. The molecule has 0 radical (unpaired) electrons. The van der Waals surface area contributed by atoms with E-state index in [4.69, 9.17) is 58.0 Å². The summed E-state index contributed by atoms with van der Waals surface area (Å²) in [5, 5.41) is 9.83. The molecule has 122 valence electrons. The quantitative estimate of drug-likeness (QED) is 0.371. The molecule has 1 atom stereocenters. The third kappa shape index (κ3) is 3.88. The van der Waals surface area contributed by atoms with Gasteiger partial charge in [-0.3, -0.25) is 0 Å². The fourth-order valence-electron chi connectivity index (χ4n) is 1.76. The standard InChI is InChI=1S/C12H3BrCl5FN2OS/c13-11-10(23(22)12(17,18)19)5(3-20)4-21(11)9-7(15)1-6(14)2-8(9)16/h1-2,4H. The smallest absolute Gasteiger partial charge is 0.423 e. The lowest BCUT2D eigenvalue weighted by Gasteiger charge is -2.16. The zero-order valence-electron chi connectivity index (χ0n) is 10.6. The van der Waals surface area contributed by atoms with Crippen molar-refractivity contribution in [2.75, 3.05) is 0 Å². The summed E-state index contributed by atoms with van der Waals surface area (Å²) in [5.41, 5.74) is 0.151. The number of benzene rings is 1. The maximum Gasteiger partial charge on any atom is 0.423 e. The summed E-state index contributed by atoms with van der Waals surface area (Å²) in [6.45, 7) is 0. The van der Waals surface area contributed by atoms with Crippen LogP contribution in [0.4, 0.5) is 4.39 Å². The van der Waals surface area contributed by atoms with E-state index >= 15 is 0 Å². The largest absolute Gasteiger partial charge is 0.607 e. The molecule has 0 bridgehead atoms. The highest BCUT2D eigenvalue weighted by Gasteiger charge is 2.44. The molecule has 0 saturated carbocycles. The number of rotatable bonds is 3. The maximum atomic E-state index is 13.6. The van der Waals surface area contributed by atoms with Gasteiger partial charge in [0.1, 0.15) is 16.2 Å². The Morgan fingerprint density at radius 2 is 1.78 bits per heavy atom. The van der Waals surface area contributed by atoms with Crippen molar-refractivity contribution in [3.63, 3.8) is 0 Å². The van der Waals surface area contributed by atoms with E-state index in [1.807, 2.05) is 0 Å². The molecule has 23 heavy (non-hydrogen) atoms. The van der Waals surface area contributed by atoms with Gasteiger partial charge in [0.15, 0.2) is 0 Å². The monoisotopic (exact) mass is 496 g/mol. The van der Waals surface area contributed by atoms with E-state index in [-0.39, 0.29) is 30.8 Å². The molecule has 3 nitrogen and oxygen atoms in total. The van der Waals surface area contributed by atoms with E-state index in [0.717, 1.165) is 0 Å². The average Bonchev–Trinajstić information content (AvgIpc) is 2.73. The molecule has 1 aromatic heterocycles. The summed E-state index contributed by atoms with van der Waals surface area (Å²) in [4.78, 5) is -0.220. The SMILES string of the molecule is N#Cc1cn(-c2c(Cl)cc(Cl)cc2Cl)c(Br)c1[S+]([O-])C(F)(Cl)Cl. The van der Waals surface area contributed by atoms with E-state index in [1.54, 1.807) is 6.07 Å². The highest BCUT2D eigenvalue weighted by Crippen LogP contribution is 2.43. The molecule has 0 amide bonds. The first-order chi connectivity index (χ1) is 10.6. The van der Waals surface area contributed by atoms with Gasteiger partial charge in [-0.15, -0.1) is 0 Å². The van der Waals surface area contributed by atoms with Crippen LogP contribution in [0.3, 0.4) is 0 Å². The minimum Gasteiger partial charge on any atom is -0.607 e. The molecule has 1 heterocycles. The lowest BCUT2D eigenvalue weighted by molar-refractivity contribution is 0.469. The van der Waals surface area contributed by atoms with Gasteiger partial charge >= 0.3 is 3.92 Å². The molecule has 2 rings (SSSR count). The van der Waals surface area contributed by atoms with Gasteiger partial charge in [0.2, 0.25) is 4.90 Å². The van der Waals surface area contributed by atoms with Gasteiger partial charge in [-0.2, -0.15) is 9.65 Å². The average molecular weight is 499 g/mol. The van der Waals surface area contributed by atoms with E-state index < -0.39 is 15.1 Å². The Morgan fingerprint density at radius 1 is 1.26 bits per heavy atom. The molecule has 2 aromatic rings. The fraction of sp³-hybridized carbons (Fsp3) is 0.0833. The van der Waals surface area contributed by atoms with Gasteiger partial charge in [0.05, 0.1) is 26.9 Å². The van der Waals surface area contributed by atoms with Crippen LogP contribution in [0.2, 0.25) is 15.1 Å². The van der Waals surface area contributed by atoms with Crippen molar-refractivity contribution < 1.29 is 8.94 Å². The van der Waals surface area contributed by atoms with Crippen molar-refractivity contribution in [1.82, 2.24) is 4.57 Å². The van der Waals surface area contributed by atoms with Crippen LogP contribution in [-0.2, 0) is 11.2 Å². The number of aromatic nitrogens is 1. The summed E-state index contributed by atoms with van der Waals surface area (Å²) in [5.74, 6) is 0. The predicted molar refractivity (Wildman–Crippen MR) is 95.2 cm³/mol. The van der Waals surface area contributed by atoms with Crippen LogP contribution in [0.25, 0.3) is 5.69 Å². The number of hydrogen-bond donors (Lipinski definition) is 0. The van der Waals surface area contributed by atoms with Crippen LogP contribution in [0, 0.1) is 11.3 Å². The third-order valence-corrected chi connectivity index (χ3v) is 6.52. The van der Waals surface area contributed by atoms with Gasteiger partial charge in [-0.1, -0.05) is 34.8 Å². The zero-order chi connectivity index (χ0) is 17.5. The molecule has 1 aromatic carbocycles. The lowest BCUT2D eigenvalue weighted by atomic mass is 10.3. The van der Waals surface area contributed by atoms with E-state index in [2.05, 4.69) is 15.9 Å². The lowest BCUT2D eigenvalue weighted by Crippen LogP contribution is -2.21. The third-order valence-electron chi connectivity index (χ3n) is 2.64. The van der Waals surface area contributed by atoms with Crippen molar-refractivity contribution in [2.24, 2.45) is 0 Å². The molecule has 0 spiro atoms. The van der Waals surface area contributed by atoms with Crippen LogP contribution < -0.4 is 0 Å². The maximum absolute atomic E-state index is 13.6. The van der Waals surface area contributed by atoms with E-state index in [9.17, 15) is 14.2 Å². The topological polar surface area (TPSA) is 51.8 Å². The molecule has 0 aliphatic heterocycles. The Morgan fingerprint density at radius 3 is 2.22 bits per heavy atom. The van der Waals surface area contributed by atoms with Gasteiger partial charge in [0, 0.05) is 11.2 Å². The summed E-state index contributed by atoms with van der Waals surface area (Å²) >= 11 is 29.2. The normalized spacial score (nSPS) is 13.0. The van der Waals surface area contributed by atoms with Crippen molar-refractivity contribution in [2.45, 2.75) is 8.81 Å². The first-order valence-corrected chi connectivity index (χ1v) is 9.35. The molecule has 1 unspecified atom stereocenters. The number of nitriles is 1. The number of alkyl halides is 3. The Labute approximate surface area is 167 Å². The van der Waals surface area contributed by atoms with Crippen LogP contribution in [0.1, 0.15) is 5.56 Å². The number of halogens is 7. The highest BCUT2D eigenvalue weighted by molar-refractivity contribution is 9.10. The van der Waals surface area contributed by atoms with Crippen molar-refractivity contribution >= 4 is 85.1 Å². The molecule has 0 N–H and O–H groups in total. The summed E-state index contributed by atoms with van der Waals surface area (Å²) in [6, 6.07) is 4.65. The van der Waals surface area contributed by atoms with Crippen molar-refractivity contribution in [3.8, 4) is 11.8 Å². The van der Waals surface area contributed by atoms with Gasteiger partial charge in [-0.25, -0.2) is 0 Å². The molecule has 0 aliphatic rings. The summed E-state index contributed by atoms with van der Waals surface area (Å²) in [6.07, 6.45) is 1.28. The minimum atomic E-state index is -3.08. The number of hydrogen-bond acceptors (Lipinski definition) is 2. The van der Waals surface area contributed by atoms with Gasteiger partial charge < -0.3 is 9.12 Å². The Hall–Kier alpha value is 0.160. The summed E-state index contributed by atoms with van der Waals surface area (Å²) < 4.78 is 24.1. The van der Waals surface area contributed by atoms with E-state index in [1.165, 1.54) is 22.9 Å².